The molecule has 236 valence electrons. The van der Waals surface area contributed by atoms with Crippen LogP contribution in [0.5, 0.6) is 23.0 Å². The Balaban J connectivity index is 1.29. The molecule has 1 aliphatic heterocycles. The van der Waals surface area contributed by atoms with Crippen LogP contribution in [0.15, 0.2) is 79.0 Å². The molecule has 1 aromatic heterocycles. The average molecular weight is 666 g/mol. The number of hydrogen-bond donors (Lipinski definition) is 2. The zero-order chi connectivity index (χ0) is 32.4. The smallest absolute Gasteiger partial charge is 0.418 e. The lowest BCUT2D eigenvalue weighted by Crippen LogP contribution is -2.25. The van der Waals surface area contributed by atoms with Crippen molar-refractivity contribution >= 4 is 66.5 Å². The van der Waals surface area contributed by atoms with Crippen molar-refractivity contribution < 1.29 is 37.0 Å². The van der Waals surface area contributed by atoms with E-state index in [9.17, 15) is 22.8 Å². The van der Waals surface area contributed by atoms with Crippen LogP contribution in [-0.2, 0) is 11.0 Å². The zero-order valence-electron chi connectivity index (χ0n) is 24.4. The topological polar surface area (TPSA) is 98.8 Å². The molecule has 1 saturated heterocycles. The van der Waals surface area contributed by atoms with Gasteiger partial charge in [-0.15, -0.1) is 0 Å². The molecule has 1 fully saturated rings. The van der Waals surface area contributed by atoms with Crippen molar-refractivity contribution in [2.75, 3.05) is 30.6 Å². The Hall–Kier alpha value is -4.62. The van der Waals surface area contributed by atoms with E-state index in [2.05, 4.69) is 15.6 Å². The number of rotatable bonds is 8. The van der Waals surface area contributed by atoms with Gasteiger partial charge in [0.15, 0.2) is 11.5 Å². The highest BCUT2D eigenvalue weighted by atomic mass is 33.1. The molecule has 2 heterocycles. The molecule has 0 bridgehead atoms. The summed E-state index contributed by atoms with van der Waals surface area (Å²) in [6.45, 7) is 0. The number of benzene rings is 4. The first kappa shape index (κ1) is 31.4. The predicted molar refractivity (Wildman–Crippen MR) is 175 cm³/mol. The molecule has 13 heteroatoms. The first-order valence-corrected chi connectivity index (χ1v) is 16.4. The highest BCUT2D eigenvalue weighted by Gasteiger charge is 2.35. The minimum Gasteiger partial charge on any atom is -0.493 e. The summed E-state index contributed by atoms with van der Waals surface area (Å²) >= 11 is 0. The van der Waals surface area contributed by atoms with Gasteiger partial charge in [0.25, 0.3) is 5.91 Å². The standard InChI is InChI=1S/C33H26F3N3O5S2/c1-42-28-16-22-25(17-29(28)43-2)37-13-11-27(22)44-26-8-4-5-19-20(26)6-3-7-21(19)31(40)38-18-9-10-24(23(15-18)33(34,35)36)39-32(41)30-12-14-45-46-30/h3-11,13,15-17,30H,12,14H2,1-2H3,(H,38,40)(H,39,41). The van der Waals surface area contributed by atoms with Crippen molar-refractivity contribution in [2.24, 2.45) is 0 Å². The van der Waals surface area contributed by atoms with Crippen LogP contribution in [0.1, 0.15) is 22.3 Å². The number of carbonyl (C=O) groups excluding carboxylic acids is 2. The summed E-state index contributed by atoms with van der Waals surface area (Å²) in [4.78, 5) is 30.4. The molecule has 6 rings (SSSR count). The van der Waals surface area contributed by atoms with Crippen molar-refractivity contribution in [3.63, 3.8) is 0 Å². The van der Waals surface area contributed by atoms with Gasteiger partial charge in [0.1, 0.15) is 11.5 Å². The van der Waals surface area contributed by atoms with Crippen LogP contribution in [-0.4, -0.2) is 42.0 Å². The molecule has 0 radical (unpaired) electrons. The quantitative estimate of drug-likeness (QED) is 0.159. The number of hydrogen-bond acceptors (Lipinski definition) is 8. The van der Waals surface area contributed by atoms with E-state index < -0.39 is 28.8 Å². The van der Waals surface area contributed by atoms with E-state index in [1.54, 1.807) is 60.8 Å². The van der Waals surface area contributed by atoms with Gasteiger partial charge in [-0.3, -0.25) is 14.6 Å². The Kier molecular flexibility index (Phi) is 8.87. The van der Waals surface area contributed by atoms with Crippen molar-refractivity contribution in [1.82, 2.24) is 4.98 Å². The fourth-order valence-corrected chi connectivity index (χ4v) is 7.83. The molecule has 0 spiro atoms. The molecule has 8 nitrogen and oxygen atoms in total. The fourth-order valence-electron chi connectivity index (χ4n) is 5.11. The van der Waals surface area contributed by atoms with Crippen LogP contribution in [0.25, 0.3) is 21.7 Å². The molecule has 1 unspecified atom stereocenters. The third kappa shape index (κ3) is 6.38. The Labute approximate surface area is 269 Å². The summed E-state index contributed by atoms with van der Waals surface area (Å²) in [5, 5.41) is 6.38. The number of carbonyl (C=O) groups is 2. The SMILES string of the molecule is COc1cc2nccc(Oc3cccc4c(C(=O)Nc5ccc(NC(=O)C6CCSS6)c(C(F)(F)F)c5)cccc34)c2cc1OC. The second-order valence-corrected chi connectivity index (χ2v) is 12.9. The van der Waals surface area contributed by atoms with Crippen LogP contribution in [0.2, 0.25) is 0 Å². The van der Waals surface area contributed by atoms with Gasteiger partial charge in [0.2, 0.25) is 5.91 Å². The minimum absolute atomic E-state index is 0.0711. The Morgan fingerprint density at radius 1 is 0.848 bits per heavy atom. The van der Waals surface area contributed by atoms with E-state index in [0.717, 1.165) is 17.9 Å². The van der Waals surface area contributed by atoms with Gasteiger partial charge in [-0.05, 0) is 54.3 Å². The van der Waals surface area contributed by atoms with Crippen molar-refractivity contribution in [2.45, 2.75) is 17.8 Å². The van der Waals surface area contributed by atoms with Gasteiger partial charge in [0, 0.05) is 40.0 Å². The van der Waals surface area contributed by atoms with Crippen LogP contribution in [0, 0.1) is 0 Å². The molecule has 5 aromatic rings. The van der Waals surface area contributed by atoms with E-state index in [0.29, 0.717) is 51.1 Å². The molecule has 2 amide bonds. The number of amides is 2. The molecule has 46 heavy (non-hydrogen) atoms. The number of anilines is 2. The number of nitrogens with one attached hydrogen (secondary N) is 2. The number of halogens is 3. The minimum atomic E-state index is -4.76. The third-order valence-corrected chi connectivity index (χ3v) is 10.2. The molecule has 0 aliphatic carbocycles. The summed E-state index contributed by atoms with van der Waals surface area (Å²) in [6, 6.07) is 18.8. The maximum atomic E-state index is 14.0. The molecule has 1 atom stereocenters. The summed E-state index contributed by atoms with van der Waals surface area (Å²) in [5.41, 5.74) is -0.633. The van der Waals surface area contributed by atoms with Crippen molar-refractivity contribution in [3.8, 4) is 23.0 Å². The van der Waals surface area contributed by atoms with Crippen LogP contribution in [0.4, 0.5) is 24.5 Å². The highest BCUT2D eigenvalue weighted by molar-refractivity contribution is 8.77. The van der Waals surface area contributed by atoms with Gasteiger partial charge >= 0.3 is 6.18 Å². The van der Waals surface area contributed by atoms with Gasteiger partial charge in [-0.1, -0.05) is 45.9 Å². The average Bonchev–Trinajstić information content (AvgIpc) is 3.60. The predicted octanol–water partition coefficient (Wildman–Crippen LogP) is 8.56. The summed E-state index contributed by atoms with van der Waals surface area (Å²) in [6.07, 6.45) is -2.58. The normalized spacial score (nSPS) is 14.7. The van der Waals surface area contributed by atoms with Crippen LogP contribution < -0.4 is 24.8 Å². The van der Waals surface area contributed by atoms with Crippen LogP contribution in [0.3, 0.4) is 0 Å². The lowest BCUT2D eigenvalue weighted by atomic mass is 10.0. The van der Waals surface area contributed by atoms with Crippen LogP contribution >= 0.6 is 21.6 Å². The first-order valence-electron chi connectivity index (χ1n) is 14.0. The molecule has 0 saturated carbocycles. The number of aromatic nitrogens is 1. The van der Waals surface area contributed by atoms with E-state index in [-0.39, 0.29) is 16.9 Å². The van der Waals surface area contributed by atoms with Gasteiger partial charge in [0.05, 0.1) is 36.2 Å². The first-order chi connectivity index (χ1) is 22.2. The molecular formula is C33H26F3N3O5S2. The highest BCUT2D eigenvalue weighted by Crippen LogP contribution is 2.41. The van der Waals surface area contributed by atoms with E-state index in [1.165, 1.54) is 41.9 Å². The number of fused-ring (bicyclic) bond motifs is 2. The maximum Gasteiger partial charge on any atom is 0.418 e. The fraction of sp³-hybridized carbons (Fsp3) is 0.182. The third-order valence-electron chi connectivity index (χ3n) is 7.33. The zero-order valence-corrected chi connectivity index (χ0v) is 26.1. The molecular weight excluding hydrogens is 640 g/mol. The lowest BCUT2D eigenvalue weighted by molar-refractivity contribution is -0.136. The second-order valence-electron chi connectivity index (χ2n) is 10.2. The largest absolute Gasteiger partial charge is 0.493 e. The number of alkyl halides is 3. The number of pyridine rings is 1. The summed E-state index contributed by atoms with van der Waals surface area (Å²) in [7, 11) is 5.92. The summed E-state index contributed by atoms with van der Waals surface area (Å²) in [5.74, 6) is 1.62. The maximum absolute atomic E-state index is 14.0. The summed E-state index contributed by atoms with van der Waals surface area (Å²) < 4.78 is 59.2. The lowest BCUT2D eigenvalue weighted by Gasteiger charge is -2.17. The Morgan fingerprint density at radius 3 is 2.33 bits per heavy atom. The Morgan fingerprint density at radius 2 is 1.59 bits per heavy atom. The van der Waals surface area contributed by atoms with E-state index in [4.69, 9.17) is 14.2 Å². The van der Waals surface area contributed by atoms with E-state index >= 15 is 0 Å². The molecule has 4 aromatic carbocycles. The van der Waals surface area contributed by atoms with Crippen molar-refractivity contribution in [1.29, 1.82) is 0 Å². The van der Waals surface area contributed by atoms with Gasteiger partial charge in [-0.25, -0.2) is 0 Å². The second kappa shape index (κ2) is 13.0. The molecule has 2 N–H and O–H groups in total. The number of ether oxygens (including phenoxy) is 3. The van der Waals surface area contributed by atoms with Gasteiger partial charge < -0.3 is 24.8 Å². The van der Waals surface area contributed by atoms with Gasteiger partial charge in [-0.2, -0.15) is 13.2 Å². The number of methoxy groups -OCH3 is 2. The monoisotopic (exact) mass is 665 g/mol. The Bertz CT molecular complexity index is 1970. The number of nitrogens with zero attached hydrogens (tertiary/aromatic N) is 1. The van der Waals surface area contributed by atoms with E-state index in [1.807, 2.05) is 0 Å². The van der Waals surface area contributed by atoms with Crippen molar-refractivity contribution in [3.05, 3.63) is 90.1 Å². The molecule has 1 aliphatic rings.